The van der Waals surface area contributed by atoms with Crippen molar-refractivity contribution in [3.63, 3.8) is 0 Å². The fourth-order valence-corrected chi connectivity index (χ4v) is 1.07. The van der Waals surface area contributed by atoms with Crippen LogP contribution in [0.5, 0.6) is 5.75 Å². The molecular weight excluding hydrogens is 178 g/mol. The smallest absolute Gasteiger partial charge is 0.126 e. The maximum Gasteiger partial charge on any atom is 0.126 e. The third-order valence-electron chi connectivity index (χ3n) is 1.69. The first-order valence-corrected chi connectivity index (χ1v) is 4.19. The Morgan fingerprint density at radius 2 is 2.29 bits per heavy atom. The van der Waals surface area contributed by atoms with Crippen molar-refractivity contribution in [2.24, 2.45) is 5.11 Å². The van der Waals surface area contributed by atoms with Gasteiger partial charge in [-0.25, -0.2) is 0 Å². The van der Waals surface area contributed by atoms with Crippen LogP contribution >= 0.6 is 0 Å². The molecule has 1 rings (SSSR count). The summed E-state index contributed by atoms with van der Waals surface area (Å²) in [5, 5.41) is 3.40. The van der Waals surface area contributed by atoms with Crippen LogP contribution in [-0.4, -0.2) is 13.7 Å². The molecule has 0 saturated carbocycles. The minimum absolute atomic E-state index is 0.356. The number of hydrogen-bond donors (Lipinski definition) is 0. The van der Waals surface area contributed by atoms with Crippen LogP contribution in [0.2, 0.25) is 0 Å². The first kappa shape index (κ1) is 10.2. The minimum atomic E-state index is 0.356. The van der Waals surface area contributed by atoms with Gasteiger partial charge in [-0.3, -0.25) is 0 Å². The summed E-state index contributed by atoms with van der Waals surface area (Å²) in [7, 11) is 1.63. The molecule has 0 spiro atoms. The summed E-state index contributed by atoms with van der Waals surface area (Å²) in [5.74, 6) is 0.810. The molecule has 4 nitrogen and oxygen atoms in total. The molecule has 0 fully saturated rings. The molecule has 1 aromatic rings. The van der Waals surface area contributed by atoms with Gasteiger partial charge in [0, 0.05) is 17.0 Å². The standard InChI is InChI=1S/C10H11N3O/c1-14-10-7-3-2-5-9(10)6-4-8-12-13-11/h2-7H,8H2,1H3. The molecule has 0 aromatic heterocycles. The van der Waals surface area contributed by atoms with Crippen molar-refractivity contribution in [1.29, 1.82) is 0 Å². The number of para-hydroxylation sites is 1. The van der Waals surface area contributed by atoms with Gasteiger partial charge in [0.15, 0.2) is 0 Å². The van der Waals surface area contributed by atoms with Crippen molar-refractivity contribution >= 4 is 6.08 Å². The van der Waals surface area contributed by atoms with Gasteiger partial charge >= 0.3 is 0 Å². The largest absolute Gasteiger partial charge is 0.496 e. The molecule has 0 aliphatic rings. The van der Waals surface area contributed by atoms with E-state index in [0.29, 0.717) is 6.54 Å². The predicted octanol–water partition coefficient (Wildman–Crippen LogP) is 3.02. The van der Waals surface area contributed by atoms with Crippen molar-refractivity contribution in [1.82, 2.24) is 0 Å². The minimum Gasteiger partial charge on any atom is -0.496 e. The lowest BCUT2D eigenvalue weighted by atomic mass is 10.2. The van der Waals surface area contributed by atoms with Crippen LogP contribution in [0.3, 0.4) is 0 Å². The molecule has 0 amide bonds. The van der Waals surface area contributed by atoms with Crippen molar-refractivity contribution in [2.75, 3.05) is 13.7 Å². The molecule has 0 bridgehead atoms. The maximum atomic E-state index is 8.06. The molecule has 0 aliphatic heterocycles. The van der Waals surface area contributed by atoms with E-state index >= 15 is 0 Å². The number of ether oxygens (including phenoxy) is 1. The first-order valence-electron chi connectivity index (χ1n) is 4.19. The highest BCUT2D eigenvalue weighted by Gasteiger charge is 1.94. The van der Waals surface area contributed by atoms with Crippen LogP contribution in [0, 0.1) is 0 Å². The van der Waals surface area contributed by atoms with Gasteiger partial charge in [0.05, 0.1) is 7.11 Å². The van der Waals surface area contributed by atoms with E-state index in [0.717, 1.165) is 11.3 Å². The summed E-state index contributed by atoms with van der Waals surface area (Å²) in [6.07, 6.45) is 3.66. The highest BCUT2D eigenvalue weighted by atomic mass is 16.5. The van der Waals surface area contributed by atoms with Gasteiger partial charge in [-0.1, -0.05) is 35.5 Å². The summed E-state index contributed by atoms with van der Waals surface area (Å²) >= 11 is 0. The molecule has 72 valence electrons. The molecule has 0 atom stereocenters. The van der Waals surface area contributed by atoms with Gasteiger partial charge in [-0.2, -0.15) is 0 Å². The van der Waals surface area contributed by atoms with Crippen LogP contribution in [0.1, 0.15) is 5.56 Å². The Morgan fingerprint density at radius 1 is 1.50 bits per heavy atom. The van der Waals surface area contributed by atoms with Crippen LogP contribution in [-0.2, 0) is 0 Å². The molecule has 0 unspecified atom stereocenters. The molecule has 0 radical (unpaired) electrons. The topological polar surface area (TPSA) is 58.0 Å². The third kappa shape index (κ3) is 2.84. The number of azide groups is 1. The van der Waals surface area contributed by atoms with Gasteiger partial charge in [0.25, 0.3) is 0 Å². The Kier molecular flexibility index (Phi) is 4.11. The predicted molar refractivity (Wildman–Crippen MR) is 56.0 cm³/mol. The number of benzene rings is 1. The maximum absolute atomic E-state index is 8.06. The Balaban J connectivity index is 2.74. The van der Waals surface area contributed by atoms with Gasteiger partial charge in [0.1, 0.15) is 5.75 Å². The Bertz CT molecular complexity index is 367. The number of hydrogen-bond acceptors (Lipinski definition) is 2. The summed E-state index contributed by atoms with van der Waals surface area (Å²) < 4.78 is 5.15. The van der Waals surface area contributed by atoms with Crippen molar-refractivity contribution in [3.05, 3.63) is 46.3 Å². The number of methoxy groups -OCH3 is 1. The van der Waals surface area contributed by atoms with Crippen molar-refractivity contribution in [3.8, 4) is 5.75 Å². The lowest BCUT2D eigenvalue weighted by Gasteiger charge is -2.02. The zero-order valence-corrected chi connectivity index (χ0v) is 7.92. The second kappa shape index (κ2) is 5.67. The molecule has 0 N–H and O–H groups in total. The Labute approximate surface area is 82.4 Å². The van der Waals surface area contributed by atoms with Crippen molar-refractivity contribution in [2.45, 2.75) is 0 Å². The molecular formula is C10H11N3O. The summed E-state index contributed by atoms with van der Waals surface area (Å²) in [4.78, 5) is 2.65. The van der Waals surface area contributed by atoms with E-state index in [1.54, 1.807) is 13.2 Å². The highest BCUT2D eigenvalue weighted by Crippen LogP contribution is 2.18. The molecule has 0 heterocycles. The highest BCUT2D eigenvalue weighted by molar-refractivity contribution is 5.57. The quantitative estimate of drug-likeness (QED) is 0.408. The number of rotatable bonds is 4. The zero-order valence-electron chi connectivity index (χ0n) is 7.92. The average molecular weight is 189 g/mol. The molecule has 14 heavy (non-hydrogen) atoms. The van der Waals surface area contributed by atoms with E-state index < -0.39 is 0 Å². The fraction of sp³-hybridized carbons (Fsp3) is 0.200. The summed E-state index contributed by atoms with van der Waals surface area (Å²) in [5.41, 5.74) is 9.04. The van der Waals surface area contributed by atoms with Crippen molar-refractivity contribution < 1.29 is 4.74 Å². The van der Waals surface area contributed by atoms with E-state index in [-0.39, 0.29) is 0 Å². The van der Waals surface area contributed by atoms with Gasteiger partial charge in [0.2, 0.25) is 0 Å². The monoisotopic (exact) mass is 189 g/mol. The molecule has 4 heteroatoms. The lowest BCUT2D eigenvalue weighted by molar-refractivity contribution is 0.414. The molecule has 0 saturated heterocycles. The summed E-state index contributed by atoms with van der Waals surface area (Å²) in [6, 6.07) is 7.65. The van der Waals surface area contributed by atoms with Gasteiger partial charge in [-0.05, 0) is 11.6 Å². The van der Waals surface area contributed by atoms with E-state index in [2.05, 4.69) is 10.0 Å². The Morgan fingerprint density at radius 3 is 3.00 bits per heavy atom. The van der Waals surface area contributed by atoms with Crippen LogP contribution in [0.4, 0.5) is 0 Å². The number of nitrogens with zero attached hydrogens (tertiary/aromatic N) is 3. The van der Waals surface area contributed by atoms with Gasteiger partial charge < -0.3 is 4.74 Å². The van der Waals surface area contributed by atoms with Crippen LogP contribution in [0.15, 0.2) is 35.5 Å². The van der Waals surface area contributed by atoms with E-state index in [9.17, 15) is 0 Å². The zero-order chi connectivity index (χ0) is 10.2. The Hall–Kier alpha value is -1.93. The SMILES string of the molecule is COc1ccccc1C=CCN=[N+]=[N-]. The summed E-state index contributed by atoms with van der Waals surface area (Å²) in [6.45, 7) is 0.356. The molecule has 1 aromatic carbocycles. The fourth-order valence-electron chi connectivity index (χ4n) is 1.07. The van der Waals surface area contributed by atoms with Crippen LogP contribution in [0.25, 0.3) is 16.5 Å². The second-order valence-corrected chi connectivity index (χ2v) is 2.56. The average Bonchev–Trinajstić information content (AvgIpc) is 2.25. The first-order chi connectivity index (χ1) is 6.88. The second-order valence-electron chi connectivity index (χ2n) is 2.56. The lowest BCUT2D eigenvalue weighted by Crippen LogP contribution is -1.85. The van der Waals surface area contributed by atoms with E-state index in [4.69, 9.17) is 10.3 Å². The van der Waals surface area contributed by atoms with Crippen LogP contribution < -0.4 is 4.74 Å². The van der Waals surface area contributed by atoms with E-state index in [1.807, 2.05) is 30.3 Å². The normalized spacial score (nSPS) is 9.79. The van der Waals surface area contributed by atoms with E-state index in [1.165, 1.54) is 0 Å². The van der Waals surface area contributed by atoms with Gasteiger partial charge in [-0.15, -0.1) is 0 Å². The third-order valence-corrected chi connectivity index (χ3v) is 1.69. The molecule has 0 aliphatic carbocycles.